The second-order valence-electron chi connectivity index (χ2n) is 2.46. The Hall–Kier alpha value is -1.04. The second kappa shape index (κ2) is 5.72. The van der Waals surface area contributed by atoms with Crippen LogP contribution < -0.4 is 0 Å². The molecule has 0 unspecified atom stereocenters. The van der Waals surface area contributed by atoms with Gasteiger partial charge >= 0.3 is 0 Å². The summed E-state index contributed by atoms with van der Waals surface area (Å²) >= 11 is 0. The molecule has 0 heteroatoms. The maximum Gasteiger partial charge on any atom is -0.00952 e. The lowest BCUT2D eigenvalue weighted by molar-refractivity contribution is 1.20. The van der Waals surface area contributed by atoms with E-state index < -0.39 is 0 Å². The maximum absolute atomic E-state index is 3.88. The van der Waals surface area contributed by atoms with Gasteiger partial charge in [0.05, 0.1) is 0 Å². The zero-order valence-corrected chi connectivity index (χ0v) is 7.43. The highest BCUT2D eigenvalue weighted by molar-refractivity contribution is 5.28. The molecule has 60 valence electrons. The summed E-state index contributed by atoms with van der Waals surface area (Å²) in [4.78, 5) is 0. The molecular weight excluding hydrogens is 132 g/mol. The number of hydrogen-bond acceptors (Lipinski definition) is 0. The molecule has 0 bridgehead atoms. The molecule has 0 radical (unpaired) electrons. The van der Waals surface area contributed by atoms with Gasteiger partial charge in [0.1, 0.15) is 0 Å². The SMILES string of the molecule is C=C/C=C\C/C(=C\C)C(=C)C. The van der Waals surface area contributed by atoms with E-state index in [4.69, 9.17) is 0 Å². The highest BCUT2D eigenvalue weighted by Gasteiger charge is 1.91. The first-order chi connectivity index (χ1) is 5.22. The first-order valence-electron chi connectivity index (χ1n) is 3.81. The molecule has 0 rings (SSSR count). The van der Waals surface area contributed by atoms with Crippen LogP contribution in [0.3, 0.4) is 0 Å². The zero-order chi connectivity index (χ0) is 8.69. The third-order valence-corrected chi connectivity index (χ3v) is 1.51. The molecule has 0 aromatic heterocycles. The number of allylic oxidation sites excluding steroid dienone is 6. The van der Waals surface area contributed by atoms with Crippen molar-refractivity contribution < 1.29 is 0 Å². The predicted molar refractivity (Wildman–Crippen MR) is 52.5 cm³/mol. The molecule has 0 spiro atoms. The van der Waals surface area contributed by atoms with Gasteiger partial charge in [0.25, 0.3) is 0 Å². The average Bonchev–Trinajstić information content (AvgIpc) is 1.97. The van der Waals surface area contributed by atoms with Crippen LogP contribution in [0.15, 0.2) is 48.6 Å². The van der Waals surface area contributed by atoms with E-state index in [-0.39, 0.29) is 0 Å². The fraction of sp³-hybridized carbons (Fsp3) is 0.273. The van der Waals surface area contributed by atoms with Crippen molar-refractivity contribution in [1.82, 2.24) is 0 Å². The molecule has 0 saturated carbocycles. The Morgan fingerprint density at radius 1 is 1.45 bits per heavy atom. The summed E-state index contributed by atoms with van der Waals surface area (Å²) in [5, 5.41) is 0. The largest absolute Gasteiger partial charge is 0.0991 e. The maximum atomic E-state index is 3.88. The van der Waals surface area contributed by atoms with E-state index in [0.29, 0.717) is 0 Å². The van der Waals surface area contributed by atoms with Crippen molar-refractivity contribution in [3.05, 3.63) is 48.6 Å². The van der Waals surface area contributed by atoms with Crippen molar-refractivity contribution in [2.75, 3.05) is 0 Å². The van der Waals surface area contributed by atoms with Crippen molar-refractivity contribution in [2.24, 2.45) is 0 Å². The highest BCUT2D eigenvalue weighted by Crippen LogP contribution is 2.11. The Morgan fingerprint density at radius 2 is 2.09 bits per heavy atom. The molecule has 0 atom stereocenters. The fourth-order valence-electron chi connectivity index (χ4n) is 0.830. The van der Waals surface area contributed by atoms with E-state index in [2.05, 4.69) is 25.3 Å². The van der Waals surface area contributed by atoms with Gasteiger partial charge in [-0.3, -0.25) is 0 Å². The number of hydrogen-bond donors (Lipinski definition) is 0. The summed E-state index contributed by atoms with van der Waals surface area (Å²) in [5.74, 6) is 0. The monoisotopic (exact) mass is 148 g/mol. The van der Waals surface area contributed by atoms with Gasteiger partial charge in [-0.1, -0.05) is 43.0 Å². The van der Waals surface area contributed by atoms with Gasteiger partial charge in [0.2, 0.25) is 0 Å². The first-order valence-corrected chi connectivity index (χ1v) is 3.81. The first kappa shape index (κ1) is 9.96. The van der Waals surface area contributed by atoms with Gasteiger partial charge < -0.3 is 0 Å². The van der Waals surface area contributed by atoms with Crippen LogP contribution in [0.2, 0.25) is 0 Å². The van der Waals surface area contributed by atoms with Crippen molar-refractivity contribution in [1.29, 1.82) is 0 Å². The molecule has 0 aromatic carbocycles. The van der Waals surface area contributed by atoms with Crippen LogP contribution in [0.5, 0.6) is 0 Å². The molecule has 0 saturated heterocycles. The summed E-state index contributed by atoms with van der Waals surface area (Å²) < 4.78 is 0. The molecule has 0 aliphatic carbocycles. The lowest BCUT2D eigenvalue weighted by Crippen LogP contribution is -1.80. The standard InChI is InChI=1S/C11H16/c1-5-7-8-9-11(6-2)10(3)4/h5-8H,1,3,9H2,2,4H3/b8-7-,11-6+. The van der Waals surface area contributed by atoms with Gasteiger partial charge in [-0.2, -0.15) is 0 Å². The minimum absolute atomic E-state index is 0.956. The Bertz CT molecular complexity index is 192. The fourth-order valence-corrected chi connectivity index (χ4v) is 0.830. The summed E-state index contributed by atoms with van der Waals surface area (Å²) in [6.45, 7) is 11.5. The topological polar surface area (TPSA) is 0 Å². The molecule has 0 aromatic rings. The average molecular weight is 148 g/mol. The van der Waals surface area contributed by atoms with Gasteiger partial charge in [-0.15, -0.1) is 0 Å². The van der Waals surface area contributed by atoms with Crippen LogP contribution in [0.1, 0.15) is 20.3 Å². The molecule has 0 N–H and O–H groups in total. The highest BCUT2D eigenvalue weighted by atomic mass is 14.0. The van der Waals surface area contributed by atoms with Crippen LogP contribution in [-0.4, -0.2) is 0 Å². The number of rotatable bonds is 4. The molecule has 0 aliphatic heterocycles. The summed E-state index contributed by atoms with van der Waals surface area (Å²) in [7, 11) is 0. The Morgan fingerprint density at radius 3 is 2.45 bits per heavy atom. The predicted octanol–water partition coefficient (Wildman–Crippen LogP) is 3.64. The van der Waals surface area contributed by atoms with Crippen LogP contribution >= 0.6 is 0 Å². The van der Waals surface area contributed by atoms with Crippen molar-refractivity contribution in [2.45, 2.75) is 20.3 Å². The quantitative estimate of drug-likeness (QED) is 0.534. The third-order valence-electron chi connectivity index (χ3n) is 1.51. The van der Waals surface area contributed by atoms with Crippen LogP contribution in [-0.2, 0) is 0 Å². The molecule has 0 fully saturated rings. The van der Waals surface area contributed by atoms with E-state index in [1.807, 2.05) is 19.9 Å². The smallest absolute Gasteiger partial charge is 0.00952 e. The van der Waals surface area contributed by atoms with Crippen molar-refractivity contribution >= 4 is 0 Å². The Kier molecular flexibility index (Phi) is 5.18. The van der Waals surface area contributed by atoms with Crippen LogP contribution in [0.25, 0.3) is 0 Å². The summed E-state index contributed by atoms with van der Waals surface area (Å²) in [6, 6.07) is 0. The van der Waals surface area contributed by atoms with Crippen molar-refractivity contribution in [3.8, 4) is 0 Å². The lowest BCUT2D eigenvalue weighted by atomic mass is 10.1. The lowest BCUT2D eigenvalue weighted by Gasteiger charge is -2.00. The van der Waals surface area contributed by atoms with Crippen LogP contribution in [0.4, 0.5) is 0 Å². The molecule has 0 nitrogen and oxygen atoms in total. The molecular formula is C11H16. The zero-order valence-electron chi connectivity index (χ0n) is 7.43. The van der Waals surface area contributed by atoms with Gasteiger partial charge in [0, 0.05) is 0 Å². The Labute approximate surface area is 69.6 Å². The van der Waals surface area contributed by atoms with Gasteiger partial charge in [-0.25, -0.2) is 0 Å². The van der Waals surface area contributed by atoms with E-state index in [9.17, 15) is 0 Å². The molecule has 0 amide bonds. The molecule has 0 heterocycles. The third kappa shape index (κ3) is 4.38. The van der Waals surface area contributed by atoms with E-state index >= 15 is 0 Å². The van der Waals surface area contributed by atoms with E-state index in [0.717, 1.165) is 12.0 Å². The summed E-state index contributed by atoms with van der Waals surface area (Å²) in [6.07, 6.45) is 8.86. The van der Waals surface area contributed by atoms with Crippen LogP contribution in [0, 0.1) is 0 Å². The summed E-state index contributed by atoms with van der Waals surface area (Å²) in [5.41, 5.74) is 2.43. The van der Waals surface area contributed by atoms with Gasteiger partial charge in [-0.05, 0) is 25.8 Å². The Balaban J connectivity index is 4.01. The van der Waals surface area contributed by atoms with Gasteiger partial charge in [0.15, 0.2) is 0 Å². The van der Waals surface area contributed by atoms with E-state index in [1.165, 1.54) is 5.57 Å². The van der Waals surface area contributed by atoms with Crippen molar-refractivity contribution in [3.63, 3.8) is 0 Å². The molecule has 11 heavy (non-hydrogen) atoms. The molecule has 0 aliphatic rings. The second-order valence-corrected chi connectivity index (χ2v) is 2.46. The van der Waals surface area contributed by atoms with E-state index in [1.54, 1.807) is 6.08 Å². The minimum atomic E-state index is 0.956. The minimum Gasteiger partial charge on any atom is -0.0991 e. The normalized spacial score (nSPS) is 12.0.